The molecule has 0 spiro atoms. The van der Waals surface area contributed by atoms with Crippen molar-refractivity contribution in [2.45, 2.75) is 70.5 Å². The molecule has 222 valence electrons. The van der Waals surface area contributed by atoms with Crippen molar-refractivity contribution >= 4 is 36.3 Å². The second kappa shape index (κ2) is 17.7. The molecule has 12 nitrogen and oxygen atoms in total. The van der Waals surface area contributed by atoms with Crippen molar-refractivity contribution in [3.63, 3.8) is 0 Å². The van der Waals surface area contributed by atoms with E-state index in [-0.39, 0.29) is 24.5 Å². The fraction of sp³-hybridized carbons (Fsp3) is 0.571. The second-order valence-corrected chi connectivity index (χ2v) is 9.92. The summed E-state index contributed by atoms with van der Waals surface area (Å²) >= 11 is 0. The highest BCUT2D eigenvalue weighted by Gasteiger charge is 2.44. The Morgan fingerprint density at radius 1 is 1.12 bits per heavy atom. The fourth-order valence-corrected chi connectivity index (χ4v) is 4.84. The number of carbonyl (C=O) groups excluding carboxylic acids is 4. The van der Waals surface area contributed by atoms with Crippen molar-refractivity contribution in [3.8, 4) is 0 Å². The molecular formula is C28H44N6O6. The smallest absolute Gasteiger partial charge is 0.374 e. The van der Waals surface area contributed by atoms with E-state index >= 15 is 0 Å². The van der Waals surface area contributed by atoms with Crippen LogP contribution in [-0.2, 0) is 30.4 Å². The molecule has 0 saturated carbocycles. The lowest BCUT2D eigenvalue weighted by atomic mass is 10.1. The number of nitrogens with two attached hydrogens (primary N) is 1. The van der Waals surface area contributed by atoms with E-state index in [1.165, 1.54) is 31.7 Å². The van der Waals surface area contributed by atoms with E-state index in [1.807, 2.05) is 29.7 Å². The summed E-state index contributed by atoms with van der Waals surface area (Å²) in [6.45, 7) is 8.44. The number of likely N-dealkylation sites (tertiary alicyclic amines) is 1. The van der Waals surface area contributed by atoms with Gasteiger partial charge in [0.1, 0.15) is 12.8 Å². The quantitative estimate of drug-likeness (QED) is 0.231. The lowest BCUT2D eigenvalue weighted by Gasteiger charge is -2.37. The molecule has 1 aromatic carbocycles. The molecule has 3 unspecified atom stereocenters. The van der Waals surface area contributed by atoms with Crippen LogP contribution in [0.4, 0.5) is 0 Å². The summed E-state index contributed by atoms with van der Waals surface area (Å²) in [6, 6.07) is 8.76. The van der Waals surface area contributed by atoms with Crippen LogP contribution in [0.3, 0.4) is 0 Å². The van der Waals surface area contributed by atoms with Gasteiger partial charge in [-0.3, -0.25) is 24.7 Å². The van der Waals surface area contributed by atoms with Crippen LogP contribution >= 0.6 is 0 Å². The van der Waals surface area contributed by atoms with E-state index in [2.05, 4.69) is 36.5 Å². The molecule has 0 aromatic heterocycles. The van der Waals surface area contributed by atoms with E-state index < -0.39 is 29.7 Å². The molecule has 4 rings (SSSR count). The number of rotatable bonds is 5. The largest absolute Gasteiger partial charge is 0.475 e. The summed E-state index contributed by atoms with van der Waals surface area (Å²) in [5.74, 6) is -2.99. The normalized spacial score (nSPS) is 20.6. The highest BCUT2D eigenvalue weighted by Crippen LogP contribution is 2.28. The zero-order valence-electron chi connectivity index (χ0n) is 23.8. The topological polar surface area (TPSA) is 177 Å². The van der Waals surface area contributed by atoms with E-state index in [0.29, 0.717) is 6.42 Å². The van der Waals surface area contributed by atoms with Crippen molar-refractivity contribution < 1.29 is 29.1 Å². The first-order valence-electron chi connectivity index (χ1n) is 13.5. The molecule has 3 atom stereocenters. The molecule has 3 saturated heterocycles. The van der Waals surface area contributed by atoms with Gasteiger partial charge < -0.3 is 30.8 Å². The zero-order chi connectivity index (χ0) is 30.2. The lowest BCUT2D eigenvalue weighted by Crippen LogP contribution is -2.58. The summed E-state index contributed by atoms with van der Waals surface area (Å²) in [7, 11) is 1.86. The number of carbonyl (C=O) groups is 5. The maximum Gasteiger partial charge on any atom is 0.374 e. The van der Waals surface area contributed by atoms with Crippen LogP contribution in [0.15, 0.2) is 30.3 Å². The van der Waals surface area contributed by atoms with Gasteiger partial charge in [-0.2, -0.15) is 0 Å². The number of guanidine groups is 1. The minimum atomic E-state index is -1.58. The van der Waals surface area contributed by atoms with Crippen molar-refractivity contribution in [3.05, 3.63) is 35.9 Å². The van der Waals surface area contributed by atoms with E-state index in [1.54, 1.807) is 4.90 Å². The van der Waals surface area contributed by atoms with Crippen LogP contribution in [0.1, 0.15) is 51.5 Å². The van der Waals surface area contributed by atoms with Crippen LogP contribution < -0.4 is 11.1 Å². The number of carboxylic acid groups (broad SMARTS) is 1. The minimum Gasteiger partial charge on any atom is -0.475 e. The number of likely N-dealkylation sites (N-methyl/N-ethyl adjacent to an activating group) is 1. The highest BCUT2D eigenvalue weighted by molar-refractivity contribution is 6.35. The summed E-state index contributed by atoms with van der Waals surface area (Å²) in [5.41, 5.74) is 6.69. The van der Waals surface area contributed by atoms with Gasteiger partial charge in [-0.25, -0.2) is 4.79 Å². The molecular weight excluding hydrogens is 516 g/mol. The predicted molar refractivity (Wildman–Crippen MR) is 152 cm³/mol. The van der Waals surface area contributed by atoms with Crippen LogP contribution in [0.5, 0.6) is 0 Å². The first kappa shape index (κ1) is 34.2. The molecule has 1 aromatic rings. The molecule has 5 N–H and O–H groups in total. The van der Waals surface area contributed by atoms with Crippen molar-refractivity contribution in [1.29, 1.82) is 5.41 Å². The first-order chi connectivity index (χ1) is 19.0. The molecule has 3 fully saturated rings. The average Bonchev–Trinajstić information content (AvgIpc) is 3.39. The van der Waals surface area contributed by atoms with Gasteiger partial charge in [0.15, 0.2) is 5.96 Å². The van der Waals surface area contributed by atoms with Gasteiger partial charge in [-0.1, -0.05) is 37.3 Å². The maximum atomic E-state index is 12.2. The number of hydrogen-bond donors (Lipinski definition) is 4. The van der Waals surface area contributed by atoms with Gasteiger partial charge in [0.25, 0.3) is 5.78 Å². The number of nitrogens with zero attached hydrogens (tertiary/aromatic N) is 3. The second-order valence-electron chi connectivity index (χ2n) is 9.92. The Labute approximate surface area is 236 Å². The number of hydrogen-bond acceptors (Lipinski definition) is 7. The van der Waals surface area contributed by atoms with Gasteiger partial charge in [0.2, 0.25) is 11.8 Å². The van der Waals surface area contributed by atoms with Crippen molar-refractivity contribution in [1.82, 2.24) is 20.0 Å². The van der Waals surface area contributed by atoms with Gasteiger partial charge in [-0.05, 0) is 58.1 Å². The standard InChI is InChI=1S/C13H19N3O5.C8H10.C6H13N3.CH2O/c1-7(11(18)13(20)21)14-12(19)9-4-3-8-5-15(2)6-10(17)16(8)9;1-2-8-6-4-3-5-7-8;7-6(8)9-4-2-1-3-5-9;1-2/h7-9H,3-6H2,1-2H3,(H,14,19)(H,20,21);3-7H,2H2,1H3;1-5H2,(H3,7,8);1H2. The monoisotopic (exact) mass is 560 g/mol. The van der Waals surface area contributed by atoms with Gasteiger partial charge in [0.05, 0.1) is 12.6 Å². The Kier molecular flexibility index (Phi) is 15.2. The first-order valence-corrected chi connectivity index (χ1v) is 13.5. The summed E-state index contributed by atoms with van der Waals surface area (Å²) in [6.07, 6.45) is 6.09. The van der Waals surface area contributed by atoms with Gasteiger partial charge >= 0.3 is 5.97 Å². The average molecular weight is 561 g/mol. The van der Waals surface area contributed by atoms with E-state index in [0.717, 1.165) is 32.5 Å². The fourth-order valence-electron chi connectivity index (χ4n) is 4.84. The molecule has 3 heterocycles. The summed E-state index contributed by atoms with van der Waals surface area (Å²) in [4.78, 5) is 59.6. The Morgan fingerprint density at radius 2 is 1.73 bits per heavy atom. The van der Waals surface area contributed by atoms with Crippen LogP contribution in [0, 0.1) is 5.41 Å². The molecule has 0 radical (unpaired) electrons. The number of aryl methyl sites for hydroxylation is 1. The highest BCUT2D eigenvalue weighted by atomic mass is 16.4. The van der Waals surface area contributed by atoms with Gasteiger partial charge in [0, 0.05) is 25.7 Å². The summed E-state index contributed by atoms with van der Waals surface area (Å²) in [5, 5.41) is 18.1. The molecule has 2 amide bonds. The molecule has 0 bridgehead atoms. The Bertz CT molecular complexity index is 985. The third-order valence-electron chi connectivity index (χ3n) is 6.93. The van der Waals surface area contributed by atoms with E-state index in [4.69, 9.17) is 21.0 Å². The number of benzene rings is 1. The Balaban J connectivity index is 0.000000345. The van der Waals surface area contributed by atoms with Crippen LogP contribution in [0.2, 0.25) is 0 Å². The summed E-state index contributed by atoms with van der Waals surface area (Å²) < 4.78 is 0. The Hall–Kier alpha value is -3.80. The molecule has 3 aliphatic rings. The number of piperidine rings is 1. The van der Waals surface area contributed by atoms with E-state index in [9.17, 15) is 19.2 Å². The van der Waals surface area contributed by atoms with Crippen molar-refractivity contribution in [2.75, 3.05) is 33.2 Å². The third kappa shape index (κ3) is 10.8. The van der Waals surface area contributed by atoms with Crippen molar-refractivity contribution in [2.24, 2.45) is 5.73 Å². The predicted octanol–water partition coefficient (Wildman–Crippen LogP) is 0.880. The number of nitrogens with one attached hydrogen (secondary N) is 2. The number of ketones is 1. The SMILES string of the molecule is C=O.CC(NC(=O)C1CCC2CN(C)CC(=O)N21)C(=O)C(=O)O.CCc1ccccc1.N=C(N)N1CCCCC1. The number of fused-ring (bicyclic) bond motifs is 1. The molecule has 40 heavy (non-hydrogen) atoms. The Morgan fingerprint density at radius 3 is 2.20 bits per heavy atom. The molecule has 3 aliphatic heterocycles. The minimum absolute atomic E-state index is 0.0116. The number of aliphatic carboxylic acids is 1. The number of piperazine rings is 1. The third-order valence-corrected chi connectivity index (χ3v) is 6.93. The van der Waals surface area contributed by atoms with Crippen LogP contribution in [-0.4, -0.2) is 107 Å². The zero-order valence-corrected chi connectivity index (χ0v) is 23.8. The van der Waals surface area contributed by atoms with Crippen LogP contribution in [0.25, 0.3) is 0 Å². The molecule has 12 heteroatoms. The number of amides is 2. The van der Waals surface area contributed by atoms with Gasteiger partial charge in [-0.15, -0.1) is 0 Å². The maximum absolute atomic E-state index is 12.2. The number of carboxylic acids is 1. The number of Topliss-reactive ketones (excluding diaryl/α,β-unsaturated/α-hetero) is 1. The molecule has 0 aliphatic carbocycles. The lowest BCUT2D eigenvalue weighted by molar-refractivity contribution is -0.151.